The summed E-state index contributed by atoms with van der Waals surface area (Å²) in [6.07, 6.45) is 1.09. The van der Waals surface area contributed by atoms with Gasteiger partial charge >= 0.3 is 5.97 Å². The summed E-state index contributed by atoms with van der Waals surface area (Å²) in [6, 6.07) is 15.7. The summed E-state index contributed by atoms with van der Waals surface area (Å²) >= 11 is 1.72. The molecule has 0 radical (unpaired) electrons. The van der Waals surface area contributed by atoms with Crippen LogP contribution in [0.4, 0.5) is 0 Å². The first-order valence-corrected chi connectivity index (χ1v) is 13.4. The molecule has 0 bridgehead atoms. The number of benzene rings is 2. The molecule has 190 valence electrons. The number of hydrogen-bond donors (Lipinski definition) is 1. The van der Waals surface area contributed by atoms with Crippen LogP contribution in [0.25, 0.3) is 0 Å². The van der Waals surface area contributed by atoms with E-state index in [4.69, 9.17) is 14.2 Å². The summed E-state index contributed by atoms with van der Waals surface area (Å²) in [5, 5.41) is 3.41. The van der Waals surface area contributed by atoms with Gasteiger partial charge in [0.15, 0.2) is 17.3 Å². The second-order valence-corrected chi connectivity index (χ2v) is 10.3. The van der Waals surface area contributed by atoms with E-state index in [1.165, 1.54) is 0 Å². The van der Waals surface area contributed by atoms with Crippen LogP contribution in [0.15, 0.2) is 71.1 Å². The number of hydrogen-bond acceptors (Lipinski definition) is 7. The van der Waals surface area contributed by atoms with Crippen LogP contribution in [-0.4, -0.2) is 44.1 Å². The fraction of sp³-hybridized carbons (Fsp3) is 0.379. The van der Waals surface area contributed by atoms with Crippen molar-refractivity contribution in [3.05, 3.63) is 82.2 Å². The van der Waals surface area contributed by atoms with E-state index in [1.807, 2.05) is 43.3 Å². The normalized spacial score (nSPS) is 19.5. The SMILES string of the molecule is CCSCCOC(=O)C1=C(C)NC2=C(C(=O)C[C@H](c3ccccc3)C2)[C@H]1c1ccc(OC)c(OC)c1. The van der Waals surface area contributed by atoms with Gasteiger partial charge in [-0.15, -0.1) is 0 Å². The Kier molecular flexibility index (Phi) is 8.41. The van der Waals surface area contributed by atoms with E-state index in [2.05, 4.69) is 24.4 Å². The van der Waals surface area contributed by atoms with Crippen molar-refractivity contribution < 1.29 is 23.8 Å². The predicted molar refractivity (Wildman–Crippen MR) is 143 cm³/mol. The van der Waals surface area contributed by atoms with Crippen LogP contribution in [0.1, 0.15) is 49.7 Å². The highest BCUT2D eigenvalue weighted by Crippen LogP contribution is 2.47. The lowest BCUT2D eigenvalue weighted by Gasteiger charge is -2.36. The van der Waals surface area contributed by atoms with Gasteiger partial charge in [0.25, 0.3) is 0 Å². The number of rotatable bonds is 9. The van der Waals surface area contributed by atoms with Crippen molar-refractivity contribution in [3.8, 4) is 11.5 Å². The Morgan fingerprint density at radius 1 is 1.03 bits per heavy atom. The lowest BCUT2D eigenvalue weighted by molar-refractivity contribution is -0.138. The molecule has 0 unspecified atom stereocenters. The van der Waals surface area contributed by atoms with Crippen molar-refractivity contribution in [1.29, 1.82) is 0 Å². The molecule has 4 rings (SSSR count). The van der Waals surface area contributed by atoms with Crippen LogP contribution in [0.5, 0.6) is 11.5 Å². The number of ether oxygens (including phenoxy) is 3. The maximum Gasteiger partial charge on any atom is 0.336 e. The monoisotopic (exact) mass is 507 g/mol. The minimum atomic E-state index is -0.545. The van der Waals surface area contributed by atoms with E-state index in [0.29, 0.717) is 47.8 Å². The zero-order valence-corrected chi connectivity index (χ0v) is 22.1. The summed E-state index contributed by atoms with van der Waals surface area (Å²) in [4.78, 5) is 27.1. The highest BCUT2D eigenvalue weighted by Gasteiger charge is 2.41. The predicted octanol–water partition coefficient (Wildman–Crippen LogP) is 5.36. The molecule has 2 aromatic carbocycles. The van der Waals surface area contributed by atoms with Crippen LogP contribution in [0, 0.1) is 0 Å². The summed E-state index contributed by atoms with van der Waals surface area (Å²) in [5.41, 5.74) is 4.62. The van der Waals surface area contributed by atoms with Gasteiger partial charge < -0.3 is 19.5 Å². The van der Waals surface area contributed by atoms with E-state index < -0.39 is 11.9 Å². The molecule has 1 aliphatic carbocycles. The number of carbonyl (C=O) groups excluding carboxylic acids is 2. The standard InChI is InChI=1S/C29H33NO5S/c1-5-36-14-13-35-29(32)26-18(2)30-22-15-21(19-9-7-6-8-10-19)16-23(31)28(22)27(26)20-11-12-24(33-3)25(17-20)34-4/h6-12,17,21,27,30H,5,13-16H2,1-4H3/t21-,27+/m1/s1. The zero-order valence-electron chi connectivity index (χ0n) is 21.3. The van der Waals surface area contributed by atoms with Crippen LogP contribution >= 0.6 is 11.8 Å². The van der Waals surface area contributed by atoms with Crippen molar-refractivity contribution in [2.75, 3.05) is 32.3 Å². The zero-order chi connectivity index (χ0) is 25.7. The smallest absolute Gasteiger partial charge is 0.336 e. The number of thioether (sulfide) groups is 1. The summed E-state index contributed by atoms with van der Waals surface area (Å²) in [7, 11) is 3.16. The Bertz CT molecular complexity index is 1190. The van der Waals surface area contributed by atoms with Gasteiger partial charge in [-0.25, -0.2) is 4.79 Å². The molecule has 0 fully saturated rings. The van der Waals surface area contributed by atoms with Crippen LogP contribution in [0.3, 0.4) is 0 Å². The van der Waals surface area contributed by atoms with Crippen molar-refractivity contribution in [1.82, 2.24) is 5.32 Å². The first-order valence-electron chi connectivity index (χ1n) is 12.2. The molecule has 2 aromatic rings. The third-order valence-corrected chi connectivity index (χ3v) is 7.59. The number of esters is 1. The molecule has 1 aliphatic heterocycles. The fourth-order valence-corrected chi connectivity index (χ4v) is 5.54. The molecule has 2 aliphatic rings. The number of methoxy groups -OCH3 is 2. The molecule has 1 heterocycles. The second-order valence-electron chi connectivity index (χ2n) is 8.88. The largest absolute Gasteiger partial charge is 0.493 e. The van der Waals surface area contributed by atoms with Gasteiger partial charge in [0.2, 0.25) is 0 Å². The Balaban J connectivity index is 1.76. The number of nitrogens with one attached hydrogen (secondary N) is 1. The molecule has 2 atom stereocenters. The molecule has 7 heteroatoms. The van der Waals surface area contributed by atoms with Crippen molar-refractivity contribution in [2.24, 2.45) is 0 Å². The molecule has 6 nitrogen and oxygen atoms in total. The summed E-state index contributed by atoms with van der Waals surface area (Å²) in [6.45, 7) is 4.27. The number of dihydropyridines is 1. The first kappa shape index (κ1) is 25.9. The second kappa shape index (κ2) is 11.7. The van der Waals surface area contributed by atoms with Crippen molar-refractivity contribution in [2.45, 2.75) is 38.5 Å². The van der Waals surface area contributed by atoms with Crippen LogP contribution in [0.2, 0.25) is 0 Å². The molecule has 1 N–H and O–H groups in total. The Morgan fingerprint density at radius 3 is 2.47 bits per heavy atom. The number of Topliss-reactive ketones (excluding diaryl/α,β-unsaturated/α-hetero) is 1. The fourth-order valence-electron chi connectivity index (χ4n) is 5.05. The highest BCUT2D eigenvalue weighted by molar-refractivity contribution is 7.99. The Hall–Kier alpha value is -3.19. The van der Waals surface area contributed by atoms with E-state index in [-0.39, 0.29) is 11.7 Å². The molecule has 0 amide bonds. The van der Waals surface area contributed by atoms with E-state index in [1.54, 1.807) is 26.0 Å². The number of allylic oxidation sites excluding steroid dienone is 3. The summed E-state index contributed by atoms with van der Waals surface area (Å²) < 4.78 is 16.6. The van der Waals surface area contributed by atoms with Crippen molar-refractivity contribution >= 4 is 23.5 Å². The van der Waals surface area contributed by atoms with Gasteiger partial charge in [-0.2, -0.15) is 11.8 Å². The lowest BCUT2D eigenvalue weighted by Crippen LogP contribution is -2.36. The van der Waals surface area contributed by atoms with Gasteiger partial charge in [-0.05, 0) is 48.3 Å². The summed E-state index contributed by atoms with van der Waals surface area (Å²) in [5.74, 6) is 2.00. The van der Waals surface area contributed by atoms with E-state index in [9.17, 15) is 9.59 Å². The highest BCUT2D eigenvalue weighted by atomic mass is 32.2. The average molecular weight is 508 g/mol. The quantitative estimate of drug-likeness (QED) is 0.362. The lowest BCUT2D eigenvalue weighted by atomic mass is 9.71. The molecule has 0 spiro atoms. The molecule has 0 saturated carbocycles. The van der Waals surface area contributed by atoms with Gasteiger partial charge in [0, 0.05) is 35.1 Å². The topological polar surface area (TPSA) is 73.9 Å². The molecule has 0 saturated heterocycles. The molecular weight excluding hydrogens is 474 g/mol. The molecular formula is C29H33NO5S. The first-order chi connectivity index (χ1) is 17.5. The van der Waals surface area contributed by atoms with Gasteiger partial charge in [-0.1, -0.05) is 43.3 Å². The van der Waals surface area contributed by atoms with Gasteiger partial charge in [0.05, 0.1) is 19.8 Å². The van der Waals surface area contributed by atoms with E-state index >= 15 is 0 Å². The number of ketones is 1. The minimum Gasteiger partial charge on any atom is -0.493 e. The number of carbonyl (C=O) groups is 2. The van der Waals surface area contributed by atoms with Crippen LogP contribution in [-0.2, 0) is 14.3 Å². The van der Waals surface area contributed by atoms with Gasteiger partial charge in [-0.3, -0.25) is 4.79 Å². The molecule has 36 heavy (non-hydrogen) atoms. The van der Waals surface area contributed by atoms with Crippen molar-refractivity contribution in [3.63, 3.8) is 0 Å². The molecule has 0 aromatic heterocycles. The van der Waals surface area contributed by atoms with Crippen LogP contribution < -0.4 is 14.8 Å². The minimum absolute atomic E-state index is 0.0386. The third-order valence-electron chi connectivity index (χ3n) is 6.72. The maximum absolute atomic E-state index is 13.7. The Labute approximate surface area is 217 Å². The average Bonchev–Trinajstić information content (AvgIpc) is 2.90. The third kappa shape index (κ3) is 5.31. The van der Waals surface area contributed by atoms with E-state index in [0.717, 1.165) is 28.3 Å². The maximum atomic E-state index is 13.7. The Morgan fingerprint density at radius 2 is 1.78 bits per heavy atom. The van der Waals surface area contributed by atoms with Gasteiger partial charge in [0.1, 0.15) is 6.61 Å².